The van der Waals surface area contributed by atoms with Crippen molar-refractivity contribution in [2.45, 2.75) is 31.5 Å². The fourth-order valence-electron chi connectivity index (χ4n) is 2.04. The summed E-state index contributed by atoms with van der Waals surface area (Å²) in [6, 6.07) is 2.66. The maximum atomic E-state index is 13.9. The van der Waals surface area contributed by atoms with Crippen LogP contribution in [0.5, 0.6) is 0 Å². The Balaban J connectivity index is 2.28. The largest absolute Gasteiger partial charge is 0.419 e. The number of nitrogens with one attached hydrogen (secondary N) is 1. The number of hydrogen-bond donors (Lipinski definition) is 1. The van der Waals surface area contributed by atoms with Crippen LogP contribution in [0.2, 0.25) is 0 Å². The van der Waals surface area contributed by atoms with Crippen LogP contribution in [-0.4, -0.2) is 13.6 Å². The molecule has 0 unspecified atom stereocenters. The zero-order chi connectivity index (χ0) is 17.4. The summed E-state index contributed by atoms with van der Waals surface area (Å²) >= 11 is 0. The number of hydrogen-bond acceptors (Lipinski definition) is 4. The average molecular weight is 352 g/mol. The van der Waals surface area contributed by atoms with Gasteiger partial charge in [0.1, 0.15) is 16.4 Å². The number of halogens is 4. The van der Waals surface area contributed by atoms with Crippen molar-refractivity contribution in [3.8, 4) is 0 Å². The van der Waals surface area contributed by atoms with E-state index in [4.69, 9.17) is 4.52 Å². The molecule has 126 valence electrons. The van der Waals surface area contributed by atoms with Gasteiger partial charge in [0.2, 0.25) is 10.0 Å². The molecule has 0 saturated carbocycles. The molecule has 1 N–H and O–H groups in total. The minimum absolute atomic E-state index is 0.0273. The molecule has 2 rings (SSSR count). The van der Waals surface area contributed by atoms with Crippen molar-refractivity contribution in [3.05, 3.63) is 46.6 Å². The Kier molecular flexibility index (Phi) is 4.49. The first-order chi connectivity index (χ1) is 10.5. The first kappa shape index (κ1) is 17.4. The van der Waals surface area contributed by atoms with Gasteiger partial charge in [-0.05, 0) is 19.9 Å². The highest BCUT2D eigenvalue weighted by atomic mass is 32.2. The van der Waals surface area contributed by atoms with Gasteiger partial charge in [-0.2, -0.15) is 13.2 Å². The molecule has 0 aliphatic heterocycles. The van der Waals surface area contributed by atoms with E-state index in [1.54, 1.807) is 0 Å². The van der Waals surface area contributed by atoms with Crippen molar-refractivity contribution >= 4 is 10.0 Å². The van der Waals surface area contributed by atoms with Gasteiger partial charge in [-0.3, -0.25) is 0 Å². The fourth-order valence-corrected chi connectivity index (χ4v) is 3.37. The van der Waals surface area contributed by atoms with Crippen molar-refractivity contribution < 1.29 is 30.5 Å². The van der Waals surface area contributed by atoms with Crippen molar-refractivity contribution in [2.24, 2.45) is 0 Å². The lowest BCUT2D eigenvalue weighted by atomic mass is 10.1. The van der Waals surface area contributed by atoms with Crippen LogP contribution in [0.3, 0.4) is 0 Å². The lowest BCUT2D eigenvalue weighted by Crippen LogP contribution is -2.25. The molecule has 2 aromatic rings. The van der Waals surface area contributed by atoms with E-state index in [0.29, 0.717) is 6.07 Å². The van der Waals surface area contributed by atoms with E-state index in [0.717, 1.165) is 12.1 Å². The summed E-state index contributed by atoms with van der Waals surface area (Å²) in [5.74, 6) is -1.49. The Labute approximate surface area is 129 Å². The van der Waals surface area contributed by atoms with Gasteiger partial charge in [0, 0.05) is 12.1 Å². The van der Waals surface area contributed by atoms with E-state index in [2.05, 4.69) is 5.16 Å². The predicted octanol–water partition coefficient (Wildman–Crippen LogP) is 2.93. The van der Waals surface area contributed by atoms with Crippen LogP contribution in [0, 0.1) is 19.7 Å². The maximum Gasteiger partial charge on any atom is 0.419 e. The number of benzene rings is 1. The number of aryl methyl sites for hydroxylation is 2. The van der Waals surface area contributed by atoms with Gasteiger partial charge in [0.15, 0.2) is 5.76 Å². The van der Waals surface area contributed by atoms with Gasteiger partial charge in [-0.15, -0.1) is 0 Å². The highest BCUT2D eigenvalue weighted by Gasteiger charge is 2.35. The molecule has 0 atom stereocenters. The fraction of sp³-hybridized carbons (Fsp3) is 0.308. The van der Waals surface area contributed by atoms with Crippen molar-refractivity contribution in [3.63, 3.8) is 0 Å². The molecule has 0 radical (unpaired) electrons. The Bertz CT molecular complexity index is 809. The van der Waals surface area contributed by atoms with Crippen LogP contribution in [-0.2, 0) is 22.7 Å². The number of nitrogens with zero attached hydrogens (tertiary/aromatic N) is 1. The summed E-state index contributed by atoms with van der Waals surface area (Å²) in [5.41, 5.74) is -1.78. The molecular weight excluding hydrogens is 340 g/mol. The van der Waals surface area contributed by atoms with Gasteiger partial charge in [-0.1, -0.05) is 17.3 Å². The molecule has 1 aromatic carbocycles. The Morgan fingerprint density at radius 3 is 2.43 bits per heavy atom. The summed E-state index contributed by atoms with van der Waals surface area (Å²) in [6.45, 7) is 2.14. The Morgan fingerprint density at radius 2 is 1.91 bits per heavy atom. The number of aromatic nitrogens is 1. The monoisotopic (exact) mass is 352 g/mol. The topological polar surface area (TPSA) is 72.2 Å². The number of rotatable bonds is 4. The van der Waals surface area contributed by atoms with E-state index < -0.39 is 39.7 Å². The first-order valence-corrected chi connectivity index (χ1v) is 7.79. The molecule has 0 bridgehead atoms. The molecule has 1 aromatic heterocycles. The van der Waals surface area contributed by atoms with E-state index in [9.17, 15) is 26.0 Å². The summed E-state index contributed by atoms with van der Waals surface area (Å²) in [6.07, 6.45) is -4.86. The highest BCUT2D eigenvalue weighted by Crippen LogP contribution is 2.32. The molecule has 0 saturated heterocycles. The van der Waals surface area contributed by atoms with Gasteiger partial charge in [0.05, 0.1) is 5.56 Å². The van der Waals surface area contributed by atoms with E-state index >= 15 is 0 Å². The molecule has 23 heavy (non-hydrogen) atoms. The van der Waals surface area contributed by atoms with Crippen molar-refractivity contribution in [1.82, 2.24) is 9.88 Å². The predicted molar refractivity (Wildman–Crippen MR) is 71.4 cm³/mol. The molecule has 0 spiro atoms. The van der Waals surface area contributed by atoms with Crippen LogP contribution in [0.15, 0.2) is 27.6 Å². The van der Waals surface area contributed by atoms with Crippen molar-refractivity contribution in [1.29, 1.82) is 0 Å². The molecule has 0 aliphatic carbocycles. The second-order valence-corrected chi connectivity index (χ2v) is 6.46. The molecule has 10 heteroatoms. The quantitative estimate of drug-likeness (QED) is 0.859. The van der Waals surface area contributed by atoms with Crippen LogP contribution >= 0.6 is 0 Å². The molecule has 0 amide bonds. The van der Waals surface area contributed by atoms with Gasteiger partial charge < -0.3 is 4.52 Å². The van der Waals surface area contributed by atoms with Crippen LogP contribution in [0.4, 0.5) is 17.6 Å². The SMILES string of the molecule is Cc1noc(C)c1S(=O)(=O)NCc1cccc(C(F)(F)F)c1F. The zero-order valence-corrected chi connectivity index (χ0v) is 12.8. The Morgan fingerprint density at radius 1 is 1.26 bits per heavy atom. The minimum atomic E-state index is -4.86. The van der Waals surface area contributed by atoms with Crippen LogP contribution in [0.1, 0.15) is 22.6 Å². The lowest BCUT2D eigenvalue weighted by Gasteiger charge is -2.12. The highest BCUT2D eigenvalue weighted by molar-refractivity contribution is 7.89. The second-order valence-electron chi connectivity index (χ2n) is 4.75. The molecular formula is C13H12F4N2O3S. The molecule has 0 fully saturated rings. The summed E-state index contributed by atoms with van der Waals surface area (Å²) in [4.78, 5) is -0.218. The lowest BCUT2D eigenvalue weighted by molar-refractivity contribution is -0.140. The van der Waals surface area contributed by atoms with E-state index in [-0.39, 0.29) is 16.3 Å². The minimum Gasteiger partial charge on any atom is -0.360 e. The molecule has 0 aliphatic rings. The van der Waals surface area contributed by atoms with Crippen molar-refractivity contribution in [2.75, 3.05) is 0 Å². The second kappa shape index (κ2) is 5.93. The third kappa shape index (κ3) is 3.53. The standard InChI is InChI=1S/C13H12F4N2O3S/c1-7-12(8(2)22-19-7)23(20,21)18-6-9-4-3-5-10(11(9)14)13(15,16)17/h3-5,18H,6H2,1-2H3. The molecule has 5 nitrogen and oxygen atoms in total. The third-order valence-electron chi connectivity index (χ3n) is 3.07. The normalized spacial score (nSPS) is 12.6. The Hall–Kier alpha value is -1.94. The smallest absolute Gasteiger partial charge is 0.360 e. The summed E-state index contributed by atoms with van der Waals surface area (Å²) in [7, 11) is -4.10. The van der Waals surface area contributed by atoms with Crippen LogP contribution < -0.4 is 4.72 Å². The van der Waals surface area contributed by atoms with Crippen LogP contribution in [0.25, 0.3) is 0 Å². The number of alkyl halides is 3. The van der Waals surface area contributed by atoms with Gasteiger partial charge in [0.25, 0.3) is 0 Å². The van der Waals surface area contributed by atoms with E-state index in [1.165, 1.54) is 13.8 Å². The zero-order valence-electron chi connectivity index (χ0n) is 12.0. The van der Waals surface area contributed by atoms with Gasteiger partial charge in [-0.25, -0.2) is 17.5 Å². The first-order valence-electron chi connectivity index (χ1n) is 6.31. The summed E-state index contributed by atoms with van der Waals surface area (Å²) < 4.78 is 82.8. The number of sulfonamides is 1. The maximum absolute atomic E-state index is 13.9. The van der Waals surface area contributed by atoms with Gasteiger partial charge >= 0.3 is 6.18 Å². The van der Waals surface area contributed by atoms with E-state index in [1.807, 2.05) is 4.72 Å². The third-order valence-corrected chi connectivity index (χ3v) is 4.72. The summed E-state index contributed by atoms with van der Waals surface area (Å²) in [5, 5.41) is 3.48. The average Bonchev–Trinajstić information content (AvgIpc) is 2.76. The molecule has 1 heterocycles.